The Morgan fingerprint density at radius 2 is 1.19 bits per heavy atom. The van der Waals surface area contributed by atoms with Crippen LogP contribution < -0.4 is 11.1 Å². The topological polar surface area (TPSA) is 39.1 Å². The van der Waals surface area contributed by atoms with Crippen LogP contribution in [0.1, 0.15) is 45.4 Å². The third-order valence-electron chi connectivity index (χ3n) is 5.53. The Kier molecular flexibility index (Phi) is 6.44. The molecule has 0 bridgehead atoms. The smallest absolute Gasteiger partial charge is 0.263 e. The van der Waals surface area contributed by atoms with Gasteiger partial charge in [0.05, 0.1) is 37.1 Å². The van der Waals surface area contributed by atoms with Crippen molar-refractivity contribution in [2.75, 3.05) is 0 Å². The maximum atomic E-state index is 13.7. The minimum Gasteiger partial charge on any atom is -0.274 e. The molecule has 0 N–H and O–H groups in total. The quantitative estimate of drug-likeness (QED) is 0.171. The van der Waals surface area contributed by atoms with Gasteiger partial charge in [-0.15, -0.1) is 45.3 Å². The molecule has 0 saturated heterocycles. The fraction of sp³-hybridized carbons (Fsp3) is 0.364. The second-order valence-corrected chi connectivity index (χ2v) is 14.6. The summed E-state index contributed by atoms with van der Waals surface area (Å²) in [7, 11) is 0. The van der Waals surface area contributed by atoms with E-state index in [0.29, 0.717) is 17.3 Å². The highest BCUT2D eigenvalue weighted by Crippen LogP contribution is 2.46. The van der Waals surface area contributed by atoms with Crippen molar-refractivity contribution in [2.24, 2.45) is 0 Å². The summed E-state index contributed by atoms with van der Waals surface area (Å²) < 4.78 is 9.64. The van der Waals surface area contributed by atoms with Crippen LogP contribution in [0.4, 0.5) is 0 Å². The van der Waals surface area contributed by atoms with E-state index in [-0.39, 0.29) is 11.1 Å². The lowest BCUT2D eigenvalue weighted by Gasteiger charge is -2.03. The van der Waals surface area contributed by atoms with E-state index in [1.54, 1.807) is 45.3 Å². The highest BCUT2D eigenvalue weighted by Gasteiger charge is 2.21. The maximum absolute atomic E-state index is 13.7. The molecule has 162 valence electrons. The summed E-state index contributed by atoms with van der Waals surface area (Å²) in [5.74, 6) is 0. The van der Waals surface area contributed by atoms with Gasteiger partial charge in [0.1, 0.15) is 0 Å². The average molecular weight is 617 g/mol. The van der Waals surface area contributed by atoms with Gasteiger partial charge in [0.25, 0.3) is 11.1 Å². The van der Waals surface area contributed by atoms with Crippen LogP contribution >= 0.6 is 77.2 Å². The molecular formula is C22H19Br2NO2S4. The van der Waals surface area contributed by atoms with Gasteiger partial charge in [0.2, 0.25) is 0 Å². The number of hydrogen-bond donors (Lipinski definition) is 0. The van der Waals surface area contributed by atoms with Crippen molar-refractivity contribution in [1.82, 2.24) is 4.57 Å². The predicted octanol–water partition coefficient (Wildman–Crippen LogP) is 8.95. The van der Waals surface area contributed by atoms with Crippen LogP contribution in [0.2, 0.25) is 0 Å². The van der Waals surface area contributed by atoms with Crippen molar-refractivity contribution in [3.05, 3.63) is 40.4 Å². The largest absolute Gasteiger partial charge is 0.274 e. The number of thiophene rings is 4. The van der Waals surface area contributed by atoms with Gasteiger partial charge >= 0.3 is 0 Å². The molecule has 0 atom stereocenters. The molecule has 31 heavy (non-hydrogen) atoms. The molecule has 0 saturated carbocycles. The lowest BCUT2D eigenvalue weighted by Crippen LogP contribution is -2.30. The van der Waals surface area contributed by atoms with Crippen molar-refractivity contribution in [3.63, 3.8) is 0 Å². The maximum Gasteiger partial charge on any atom is 0.263 e. The molecule has 0 aliphatic rings. The Bertz CT molecular complexity index is 1450. The number of unbranched alkanes of at least 4 members (excludes halogenated alkanes) is 5. The molecule has 0 amide bonds. The first-order chi connectivity index (χ1) is 15.0. The molecule has 5 aromatic heterocycles. The molecule has 5 heterocycles. The van der Waals surface area contributed by atoms with Gasteiger partial charge in [0.15, 0.2) is 0 Å². The zero-order valence-electron chi connectivity index (χ0n) is 16.8. The van der Waals surface area contributed by atoms with Crippen molar-refractivity contribution < 1.29 is 0 Å². The Balaban J connectivity index is 1.77. The van der Waals surface area contributed by atoms with Crippen LogP contribution in [-0.4, -0.2) is 4.57 Å². The number of nitrogens with zero attached hydrogens (tertiary/aromatic N) is 1. The van der Waals surface area contributed by atoms with E-state index >= 15 is 0 Å². The van der Waals surface area contributed by atoms with Gasteiger partial charge < -0.3 is 0 Å². The number of hydrogen-bond acceptors (Lipinski definition) is 6. The summed E-state index contributed by atoms with van der Waals surface area (Å²) in [4.78, 5) is 27.4. The average Bonchev–Trinajstić information content (AvgIpc) is 3.42. The van der Waals surface area contributed by atoms with Gasteiger partial charge in [0, 0.05) is 15.9 Å². The summed E-state index contributed by atoms with van der Waals surface area (Å²) in [6.07, 6.45) is 6.73. The molecular weight excluding hydrogens is 598 g/mol. The van der Waals surface area contributed by atoms with Crippen LogP contribution in [0.25, 0.3) is 39.0 Å². The molecule has 5 rings (SSSR count). The first kappa shape index (κ1) is 22.2. The third-order valence-corrected chi connectivity index (χ3v) is 11.5. The first-order valence-electron chi connectivity index (χ1n) is 10.3. The SMILES string of the molecule is CCCCCCCCn1c(=O)c2c3sc(Br)cc3sc2c2sc3cc(Br)sc3c2c1=O. The molecule has 0 fully saturated rings. The molecule has 0 aromatic carbocycles. The van der Waals surface area contributed by atoms with Crippen molar-refractivity contribution in [3.8, 4) is 0 Å². The summed E-state index contributed by atoms with van der Waals surface area (Å²) in [5.41, 5.74) is -0.275. The van der Waals surface area contributed by atoms with Gasteiger partial charge in [-0.2, -0.15) is 0 Å². The first-order valence-corrected chi connectivity index (χ1v) is 15.1. The highest BCUT2D eigenvalue weighted by molar-refractivity contribution is 9.11. The second-order valence-electron chi connectivity index (χ2n) is 7.63. The highest BCUT2D eigenvalue weighted by atomic mass is 79.9. The third kappa shape index (κ3) is 3.89. The predicted molar refractivity (Wildman–Crippen MR) is 147 cm³/mol. The number of rotatable bonds is 7. The molecule has 0 unspecified atom stereocenters. The van der Waals surface area contributed by atoms with Gasteiger partial charge in [-0.25, -0.2) is 0 Å². The number of aromatic nitrogens is 1. The van der Waals surface area contributed by atoms with Crippen molar-refractivity contribution in [1.29, 1.82) is 0 Å². The molecule has 0 aliphatic carbocycles. The van der Waals surface area contributed by atoms with Crippen molar-refractivity contribution in [2.45, 2.75) is 52.0 Å². The molecule has 5 aromatic rings. The molecule has 0 aliphatic heterocycles. The molecule has 0 spiro atoms. The van der Waals surface area contributed by atoms with Crippen LogP contribution in [-0.2, 0) is 6.54 Å². The van der Waals surface area contributed by atoms with Crippen LogP contribution in [0.3, 0.4) is 0 Å². The number of fused-ring (bicyclic) bond motifs is 7. The zero-order valence-corrected chi connectivity index (χ0v) is 23.2. The van der Waals surface area contributed by atoms with Crippen molar-refractivity contribution >= 4 is 116 Å². The fourth-order valence-corrected chi connectivity index (χ4v) is 10.6. The van der Waals surface area contributed by atoms with Crippen LogP contribution in [0, 0.1) is 0 Å². The van der Waals surface area contributed by atoms with E-state index in [1.165, 1.54) is 23.8 Å². The Morgan fingerprint density at radius 1 is 0.710 bits per heavy atom. The minimum absolute atomic E-state index is 0.138. The van der Waals surface area contributed by atoms with E-state index in [1.807, 2.05) is 0 Å². The van der Waals surface area contributed by atoms with Gasteiger partial charge in [-0.3, -0.25) is 14.2 Å². The van der Waals surface area contributed by atoms with E-state index in [9.17, 15) is 9.59 Å². The Labute approximate surface area is 211 Å². The van der Waals surface area contributed by atoms with E-state index in [4.69, 9.17) is 0 Å². The Morgan fingerprint density at radius 3 is 1.71 bits per heavy atom. The lowest BCUT2D eigenvalue weighted by molar-refractivity contribution is 0.546. The monoisotopic (exact) mass is 615 g/mol. The van der Waals surface area contributed by atoms with E-state index in [0.717, 1.165) is 55.0 Å². The summed E-state index contributed by atoms with van der Waals surface area (Å²) in [6.45, 7) is 2.69. The van der Waals surface area contributed by atoms with Gasteiger partial charge in [-0.05, 0) is 50.4 Å². The second kappa shape index (κ2) is 8.99. The van der Waals surface area contributed by atoms with Crippen LogP contribution in [0.5, 0.6) is 0 Å². The summed E-state index contributed by atoms with van der Waals surface area (Å²) in [6, 6.07) is 4.16. The van der Waals surface area contributed by atoms with Crippen LogP contribution in [0.15, 0.2) is 29.3 Å². The fourth-order valence-electron chi connectivity index (χ4n) is 4.04. The van der Waals surface area contributed by atoms with E-state index in [2.05, 4.69) is 50.9 Å². The molecule has 0 radical (unpaired) electrons. The Hall–Kier alpha value is -0.580. The zero-order chi connectivity index (χ0) is 21.7. The lowest BCUT2D eigenvalue weighted by atomic mass is 10.1. The molecule has 3 nitrogen and oxygen atoms in total. The van der Waals surface area contributed by atoms with E-state index < -0.39 is 0 Å². The summed E-state index contributed by atoms with van der Waals surface area (Å²) in [5, 5.41) is 1.42. The normalized spacial score (nSPS) is 12.2. The standard InChI is InChI=1S/C22H19Br2NO2S4/c1-2-3-4-5-6-7-8-25-21(26)15-17-11(9-13(23)30-17)28-19(15)20-16(22(25)27)18-12(29-20)10-14(24)31-18/h9-10H,2-8H2,1H3. The summed E-state index contributed by atoms with van der Waals surface area (Å²) >= 11 is 13.5. The minimum atomic E-state index is -0.138. The number of halogens is 2. The van der Waals surface area contributed by atoms with Gasteiger partial charge in [-0.1, -0.05) is 39.0 Å². The molecule has 9 heteroatoms.